The Hall–Kier alpha value is -1.89. The number of nitrogens with zero attached hydrogens (tertiary/aromatic N) is 3. The fourth-order valence-corrected chi connectivity index (χ4v) is 2.01. The zero-order chi connectivity index (χ0) is 14.8. The number of anilines is 2. The van der Waals surface area contributed by atoms with Crippen LogP contribution in [0.15, 0.2) is 6.07 Å². The Morgan fingerprint density at radius 1 is 1.40 bits per heavy atom. The molecule has 0 aromatic carbocycles. The van der Waals surface area contributed by atoms with Crippen molar-refractivity contribution in [2.75, 3.05) is 30.0 Å². The zero-order valence-corrected chi connectivity index (χ0v) is 12.2. The number of nitrogen functional groups attached to an aromatic ring is 1. The SMILES string of the molecule is CC(C)(C)c1nc(NN)cc(N2CCCNC(=O)C2)n1. The number of nitrogens with two attached hydrogens (primary N) is 1. The maximum absolute atomic E-state index is 11.7. The first-order valence-corrected chi connectivity index (χ1v) is 6.78. The molecule has 2 rings (SSSR count). The van der Waals surface area contributed by atoms with Crippen molar-refractivity contribution in [1.29, 1.82) is 0 Å². The molecule has 0 bridgehead atoms. The van der Waals surface area contributed by atoms with E-state index in [-0.39, 0.29) is 11.3 Å². The molecule has 0 spiro atoms. The zero-order valence-electron chi connectivity index (χ0n) is 12.2. The summed E-state index contributed by atoms with van der Waals surface area (Å²) >= 11 is 0. The smallest absolute Gasteiger partial charge is 0.239 e. The summed E-state index contributed by atoms with van der Waals surface area (Å²) in [5.74, 6) is 7.49. The number of rotatable bonds is 2. The average Bonchev–Trinajstić information content (AvgIpc) is 2.62. The van der Waals surface area contributed by atoms with Crippen molar-refractivity contribution in [3.63, 3.8) is 0 Å². The van der Waals surface area contributed by atoms with E-state index in [1.54, 1.807) is 6.07 Å². The quantitative estimate of drug-likeness (QED) is 0.535. The molecule has 1 fully saturated rings. The topological polar surface area (TPSA) is 96.2 Å². The second kappa shape index (κ2) is 5.62. The molecule has 1 amide bonds. The minimum atomic E-state index is -0.185. The van der Waals surface area contributed by atoms with Gasteiger partial charge in [-0.15, -0.1) is 0 Å². The standard InChI is InChI=1S/C13H22N6O/c1-13(2,3)12-16-9(18-14)7-10(17-12)19-6-4-5-15-11(20)8-19/h7H,4-6,8,14H2,1-3H3,(H,15,20)(H,16,17,18). The van der Waals surface area contributed by atoms with Crippen molar-refractivity contribution in [3.8, 4) is 0 Å². The number of hydrogen-bond acceptors (Lipinski definition) is 6. The van der Waals surface area contributed by atoms with E-state index in [2.05, 4.69) is 20.7 Å². The van der Waals surface area contributed by atoms with Gasteiger partial charge in [0.15, 0.2) is 0 Å². The van der Waals surface area contributed by atoms with Crippen LogP contribution in [0.4, 0.5) is 11.6 Å². The third kappa shape index (κ3) is 3.36. The van der Waals surface area contributed by atoms with E-state index in [0.717, 1.165) is 18.8 Å². The molecule has 7 nitrogen and oxygen atoms in total. The average molecular weight is 278 g/mol. The largest absolute Gasteiger partial charge is 0.354 e. The van der Waals surface area contributed by atoms with Crippen LogP contribution in [0.5, 0.6) is 0 Å². The van der Waals surface area contributed by atoms with Gasteiger partial charge in [-0.1, -0.05) is 20.8 Å². The lowest BCUT2D eigenvalue weighted by molar-refractivity contribution is -0.119. The molecule has 20 heavy (non-hydrogen) atoms. The lowest BCUT2D eigenvalue weighted by Gasteiger charge is -2.24. The number of amides is 1. The van der Waals surface area contributed by atoms with Crippen molar-refractivity contribution < 1.29 is 4.79 Å². The first-order valence-electron chi connectivity index (χ1n) is 6.78. The molecular formula is C13H22N6O. The summed E-state index contributed by atoms with van der Waals surface area (Å²) in [7, 11) is 0. The van der Waals surface area contributed by atoms with Gasteiger partial charge in [-0.3, -0.25) is 4.79 Å². The van der Waals surface area contributed by atoms with Crippen LogP contribution >= 0.6 is 0 Å². The van der Waals surface area contributed by atoms with Crippen LogP contribution in [0, 0.1) is 0 Å². The lowest BCUT2D eigenvalue weighted by Crippen LogP contribution is -2.34. The summed E-state index contributed by atoms with van der Waals surface area (Å²) in [5.41, 5.74) is 2.38. The summed E-state index contributed by atoms with van der Waals surface area (Å²) in [4.78, 5) is 22.6. The fourth-order valence-electron chi connectivity index (χ4n) is 2.01. The molecular weight excluding hydrogens is 256 g/mol. The highest BCUT2D eigenvalue weighted by Gasteiger charge is 2.22. The van der Waals surface area contributed by atoms with E-state index in [1.165, 1.54) is 0 Å². The van der Waals surface area contributed by atoms with E-state index >= 15 is 0 Å². The van der Waals surface area contributed by atoms with E-state index in [1.807, 2.05) is 25.7 Å². The number of aromatic nitrogens is 2. The highest BCUT2D eigenvalue weighted by molar-refractivity contribution is 5.81. The molecule has 0 aliphatic carbocycles. The van der Waals surface area contributed by atoms with Crippen LogP contribution in [-0.2, 0) is 10.2 Å². The molecule has 1 aromatic rings. The molecule has 1 aliphatic heterocycles. The molecule has 0 unspecified atom stereocenters. The Morgan fingerprint density at radius 2 is 2.15 bits per heavy atom. The Kier molecular flexibility index (Phi) is 4.08. The summed E-state index contributed by atoms with van der Waals surface area (Å²) in [6.07, 6.45) is 0.895. The number of hydrogen-bond donors (Lipinski definition) is 3. The predicted octanol–water partition coefficient (Wildman–Crippen LogP) is 0.386. The van der Waals surface area contributed by atoms with Crippen molar-refractivity contribution in [2.45, 2.75) is 32.6 Å². The first-order chi connectivity index (χ1) is 9.40. The summed E-state index contributed by atoms with van der Waals surface area (Å²) in [6.45, 7) is 7.92. The molecule has 0 atom stereocenters. The Morgan fingerprint density at radius 3 is 2.80 bits per heavy atom. The lowest BCUT2D eigenvalue weighted by atomic mass is 9.96. The van der Waals surface area contributed by atoms with Gasteiger partial charge in [0, 0.05) is 24.6 Å². The molecule has 1 aromatic heterocycles. The van der Waals surface area contributed by atoms with Gasteiger partial charge in [-0.25, -0.2) is 15.8 Å². The molecule has 1 saturated heterocycles. The van der Waals surface area contributed by atoms with Crippen LogP contribution in [0.3, 0.4) is 0 Å². The first kappa shape index (κ1) is 14.5. The maximum atomic E-state index is 11.7. The molecule has 0 radical (unpaired) electrons. The van der Waals surface area contributed by atoms with Gasteiger partial charge in [-0.05, 0) is 6.42 Å². The van der Waals surface area contributed by atoms with Crippen LogP contribution in [0.1, 0.15) is 33.0 Å². The second-order valence-electron chi connectivity index (χ2n) is 5.95. The van der Waals surface area contributed by atoms with Gasteiger partial charge in [0.05, 0.1) is 6.54 Å². The van der Waals surface area contributed by atoms with Gasteiger partial charge in [0.2, 0.25) is 5.91 Å². The van der Waals surface area contributed by atoms with Gasteiger partial charge in [0.25, 0.3) is 0 Å². The summed E-state index contributed by atoms with van der Waals surface area (Å²) in [6, 6.07) is 1.77. The van der Waals surface area contributed by atoms with Gasteiger partial charge in [0.1, 0.15) is 17.5 Å². The van der Waals surface area contributed by atoms with E-state index in [0.29, 0.717) is 24.7 Å². The van der Waals surface area contributed by atoms with E-state index in [4.69, 9.17) is 5.84 Å². The Balaban J connectivity index is 2.36. The van der Waals surface area contributed by atoms with Gasteiger partial charge < -0.3 is 15.6 Å². The Labute approximate surface area is 118 Å². The highest BCUT2D eigenvalue weighted by Crippen LogP contribution is 2.24. The van der Waals surface area contributed by atoms with Crippen LogP contribution in [0.2, 0.25) is 0 Å². The monoisotopic (exact) mass is 278 g/mol. The predicted molar refractivity (Wildman–Crippen MR) is 78.4 cm³/mol. The number of carbonyl (C=O) groups is 1. The fraction of sp³-hybridized carbons (Fsp3) is 0.615. The second-order valence-corrected chi connectivity index (χ2v) is 5.95. The number of nitrogens with one attached hydrogen (secondary N) is 2. The molecule has 2 heterocycles. The molecule has 110 valence electrons. The molecule has 0 saturated carbocycles. The maximum Gasteiger partial charge on any atom is 0.239 e. The van der Waals surface area contributed by atoms with Crippen molar-refractivity contribution in [1.82, 2.24) is 15.3 Å². The van der Waals surface area contributed by atoms with E-state index < -0.39 is 0 Å². The van der Waals surface area contributed by atoms with Gasteiger partial charge in [-0.2, -0.15) is 0 Å². The van der Waals surface area contributed by atoms with E-state index in [9.17, 15) is 4.79 Å². The van der Waals surface area contributed by atoms with Gasteiger partial charge >= 0.3 is 0 Å². The van der Waals surface area contributed by atoms with Crippen molar-refractivity contribution >= 4 is 17.5 Å². The number of carbonyl (C=O) groups excluding carboxylic acids is 1. The normalized spacial score (nSPS) is 16.6. The third-order valence-corrected chi connectivity index (χ3v) is 3.12. The van der Waals surface area contributed by atoms with Crippen LogP contribution in [0.25, 0.3) is 0 Å². The Bertz CT molecular complexity index is 496. The minimum Gasteiger partial charge on any atom is -0.354 e. The highest BCUT2D eigenvalue weighted by atomic mass is 16.2. The molecule has 7 heteroatoms. The van der Waals surface area contributed by atoms with Crippen molar-refractivity contribution in [2.24, 2.45) is 5.84 Å². The summed E-state index contributed by atoms with van der Waals surface area (Å²) < 4.78 is 0. The molecule has 1 aliphatic rings. The molecule has 4 N–H and O–H groups in total. The van der Waals surface area contributed by atoms with Crippen molar-refractivity contribution in [3.05, 3.63) is 11.9 Å². The van der Waals surface area contributed by atoms with Crippen LogP contribution in [-0.4, -0.2) is 35.5 Å². The summed E-state index contributed by atoms with van der Waals surface area (Å²) in [5, 5.41) is 2.85. The van der Waals surface area contributed by atoms with Crippen LogP contribution < -0.4 is 21.5 Å². The third-order valence-electron chi connectivity index (χ3n) is 3.12. The number of hydrazine groups is 1. The minimum absolute atomic E-state index is 0.0145.